The van der Waals surface area contributed by atoms with Crippen LogP contribution in [-0.4, -0.2) is 21.7 Å². The van der Waals surface area contributed by atoms with E-state index in [2.05, 4.69) is 29.0 Å². The van der Waals surface area contributed by atoms with Crippen molar-refractivity contribution in [3.05, 3.63) is 5.82 Å². The van der Waals surface area contributed by atoms with E-state index in [0.29, 0.717) is 6.54 Å². The lowest BCUT2D eigenvalue weighted by Crippen LogP contribution is -2.35. The molecule has 0 radical (unpaired) electrons. The van der Waals surface area contributed by atoms with E-state index in [9.17, 15) is 0 Å². The van der Waals surface area contributed by atoms with Crippen molar-refractivity contribution in [3.8, 4) is 0 Å². The van der Waals surface area contributed by atoms with Crippen LogP contribution in [0.1, 0.15) is 32.5 Å². The minimum atomic E-state index is -0.0926. The van der Waals surface area contributed by atoms with Gasteiger partial charge >= 0.3 is 0 Å². The molecule has 5 nitrogen and oxygen atoms in total. The maximum atomic E-state index is 5.74. The molecule has 0 saturated heterocycles. The van der Waals surface area contributed by atoms with E-state index in [4.69, 9.17) is 11.5 Å². The fraction of sp³-hybridized carbons (Fsp3) is 0.750. The van der Waals surface area contributed by atoms with Crippen molar-refractivity contribution in [3.63, 3.8) is 0 Å². The maximum Gasteiger partial charge on any atom is 0.239 e. The minimum Gasteiger partial charge on any atom is -0.367 e. The molecule has 5 N–H and O–H groups in total. The lowest BCUT2D eigenvalue weighted by molar-refractivity contribution is 0.384. The molecule has 0 atom stereocenters. The van der Waals surface area contributed by atoms with Gasteiger partial charge in [0.1, 0.15) is 5.82 Å². The van der Waals surface area contributed by atoms with Gasteiger partial charge in [0, 0.05) is 12.0 Å². The molecule has 5 heteroatoms. The van der Waals surface area contributed by atoms with E-state index in [1.54, 1.807) is 0 Å². The second-order valence-corrected chi connectivity index (χ2v) is 3.23. The fourth-order valence-corrected chi connectivity index (χ4v) is 1.48. The van der Waals surface area contributed by atoms with Crippen LogP contribution in [0.3, 0.4) is 0 Å². The van der Waals surface area contributed by atoms with Crippen molar-refractivity contribution in [1.82, 2.24) is 15.2 Å². The number of hydrogen-bond acceptors (Lipinski definition) is 4. The summed E-state index contributed by atoms with van der Waals surface area (Å²) < 4.78 is 0. The zero-order valence-corrected chi connectivity index (χ0v) is 8.17. The first-order valence-corrected chi connectivity index (χ1v) is 4.57. The number of rotatable bonds is 4. The average molecular weight is 183 g/mol. The topological polar surface area (TPSA) is 93.6 Å². The minimum absolute atomic E-state index is 0.0926. The molecule has 0 spiro atoms. The van der Waals surface area contributed by atoms with Crippen LogP contribution in [0.15, 0.2) is 0 Å². The van der Waals surface area contributed by atoms with Crippen LogP contribution in [0.25, 0.3) is 0 Å². The lowest BCUT2D eigenvalue weighted by atomic mass is 9.82. The predicted octanol–water partition coefficient (Wildman–Crippen LogP) is 0.403. The molecule has 1 heterocycles. The van der Waals surface area contributed by atoms with Gasteiger partial charge in [0.2, 0.25) is 5.95 Å². The van der Waals surface area contributed by atoms with Gasteiger partial charge in [-0.2, -0.15) is 4.98 Å². The Morgan fingerprint density at radius 1 is 1.38 bits per heavy atom. The Balaban J connectivity index is 3.00. The van der Waals surface area contributed by atoms with Crippen molar-refractivity contribution >= 4 is 5.95 Å². The summed E-state index contributed by atoms with van der Waals surface area (Å²) in [4.78, 5) is 4.13. The molecular formula is C8H17N5. The van der Waals surface area contributed by atoms with Crippen LogP contribution in [-0.2, 0) is 5.41 Å². The van der Waals surface area contributed by atoms with Gasteiger partial charge in [-0.25, -0.2) is 0 Å². The fourth-order valence-electron chi connectivity index (χ4n) is 1.48. The molecule has 0 saturated carbocycles. The Morgan fingerprint density at radius 2 is 2.00 bits per heavy atom. The Morgan fingerprint density at radius 3 is 2.31 bits per heavy atom. The number of nitrogen functional groups attached to an aromatic ring is 1. The van der Waals surface area contributed by atoms with Crippen LogP contribution in [0, 0.1) is 0 Å². The first kappa shape index (κ1) is 9.98. The smallest absolute Gasteiger partial charge is 0.239 e. The number of hydrogen-bond donors (Lipinski definition) is 3. The second kappa shape index (κ2) is 3.74. The number of nitrogens with two attached hydrogens (primary N) is 2. The van der Waals surface area contributed by atoms with E-state index in [0.717, 1.165) is 18.7 Å². The number of H-pyrrole nitrogens is 1. The van der Waals surface area contributed by atoms with Gasteiger partial charge in [-0.1, -0.05) is 13.8 Å². The average Bonchev–Trinajstić information content (AvgIpc) is 2.57. The molecule has 0 aliphatic carbocycles. The molecule has 0 aromatic carbocycles. The number of anilines is 1. The predicted molar refractivity (Wildman–Crippen MR) is 52.1 cm³/mol. The molecule has 1 rings (SSSR count). The maximum absolute atomic E-state index is 5.74. The van der Waals surface area contributed by atoms with E-state index >= 15 is 0 Å². The highest BCUT2D eigenvalue weighted by Crippen LogP contribution is 2.27. The molecule has 13 heavy (non-hydrogen) atoms. The summed E-state index contributed by atoms with van der Waals surface area (Å²) in [5.74, 6) is 1.09. The zero-order valence-electron chi connectivity index (χ0n) is 8.17. The molecule has 0 bridgehead atoms. The van der Waals surface area contributed by atoms with E-state index in [1.165, 1.54) is 0 Å². The summed E-state index contributed by atoms with van der Waals surface area (Å²) in [6.45, 7) is 4.75. The van der Waals surface area contributed by atoms with Crippen molar-refractivity contribution in [1.29, 1.82) is 0 Å². The summed E-state index contributed by atoms with van der Waals surface area (Å²) in [6.07, 6.45) is 1.88. The summed E-state index contributed by atoms with van der Waals surface area (Å²) in [7, 11) is 0. The Hall–Kier alpha value is -1.10. The number of nitrogens with zero attached hydrogens (tertiary/aromatic N) is 2. The first-order valence-electron chi connectivity index (χ1n) is 4.57. The van der Waals surface area contributed by atoms with Crippen LogP contribution in [0.2, 0.25) is 0 Å². The van der Waals surface area contributed by atoms with E-state index < -0.39 is 0 Å². The zero-order chi connectivity index (χ0) is 9.90. The van der Waals surface area contributed by atoms with Crippen molar-refractivity contribution in [2.24, 2.45) is 5.73 Å². The third-order valence-corrected chi connectivity index (χ3v) is 2.75. The van der Waals surface area contributed by atoms with Crippen LogP contribution < -0.4 is 11.5 Å². The third-order valence-electron chi connectivity index (χ3n) is 2.75. The Bertz CT molecular complexity index is 255. The van der Waals surface area contributed by atoms with Gasteiger partial charge in [0.25, 0.3) is 0 Å². The molecule has 0 fully saturated rings. The quantitative estimate of drug-likeness (QED) is 0.630. The molecular weight excluding hydrogens is 166 g/mol. The van der Waals surface area contributed by atoms with Crippen LogP contribution in [0.4, 0.5) is 5.95 Å². The van der Waals surface area contributed by atoms with Crippen molar-refractivity contribution in [2.45, 2.75) is 32.1 Å². The van der Waals surface area contributed by atoms with Gasteiger partial charge < -0.3 is 11.5 Å². The molecule has 74 valence electrons. The molecule has 0 amide bonds. The highest BCUT2D eigenvalue weighted by atomic mass is 15.3. The third kappa shape index (κ3) is 1.65. The molecule has 1 aromatic rings. The van der Waals surface area contributed by atoms with Crippen LogP contribution >= 0.6 is 0 Å². The molecule has 1 aromatic heterocycles. The monoisotopic (exact) mass is 183 g/mol. The summed E-state index contributed by atoms with van der Waals surface area (Å²) >= 11 is 0. The molecule has 0 unspecified atom stereocenters. The van der Waals surface area contributed by atoms with Gasteiger partial charge in [-0.15, -0.1) is 5.10 Å². The van der Waals surface area contributed by atoms with Gasteiger partial charge in [-0.3, -0.25) is 5.10 Å². The van der Waals surface area contributed by atoms with Crippen molar-refractivity contribution < 1.29 is 0 Å². The highest BCUT2D eigenvalue weighted by Gasteiger charge is 2.30. The second-order valence-electron chi connectivity index (χ2n) is 3.23. The highest BCUT2D eigenvalue weighted by molar-refractivity contribution is 5.18. The van der Waals surface area contributed by atoms with E-state index in [1.807, 2.05) is 0 Å². The standard InChI is InChI=1S/C8H17N5/c1-3-8(4-2,5-9)6-11-7(10)13-12-6/h3-5,9H2,1-2H3,(H3,10,11,12,13). The van der Waals surface area contributed by atoms with Gasteiger partial charge in [-0.05, 0) is 12.8 Å². The molecule has 0 aliphatic rings. The lowest BCUT2D eigenvalue weighted by Gasteiger charge is -2.26. The Kier molecular flexibility index (Phi) is 2.87. The summed E-state index contributed by atoms with van der Waals surface area (Å²) in [5.41, 5.74) is 11.1. The normalized spacial score (nSPS) is 11.9. The number of aromatic nitrogens is 3. The van der Waals surface area contributed by atoms with Gasteiger partial charge in [0.05, 0.1) is 0 Å². The SMILES string of the molecule is CCC(CC)(CN)c1nc(N)n[nH]1. The van der Waals surface area contributed by atoms with E-state index in [-0.39, 0.29) is 11.4 Å². The van der Waals surface area contributed by atoms with Crippen LogP contribution in [0.5, 0.6) is 0 Å². The Labute approximate surface area is 77.9 Å². The first-order chi connectivity index (χ1) is 6.18. The van der Waals surface area contributed by atoms with Gasteiger partial charge in [0.15, 0.2) is 0 Å². The molecule has 0 aliphatic heterocycles. The van der Waals surface area contributed by atoms with Crippen molar-refractivity contribution in [2.75, 3.05) is 12.3 Å². The summed E-state index contributed by atoms with van der Waals surface area (Å²) in [5, 5.41) is 6.65. The summed E-state index contributed by atoms with van der Waals surface area (Å²) in [6, 6.07) is 0. The largest absolute Gasteiger partial charge is 0.367 e. The number of nitrogens with one attached hydrogen (secondary N) is 1. The number of aromatic amines is 1.